The summed E-state index contributed by atoms with van der Waals surface area (Å²) in [6, 6.07) is 4.26. The molecule has 1 aliphatic carbocycles. The van der Waals surface area contributed by atoms with Crippen LogP contribution in [0.4, 0.5) is 0 Å². The van der Waals surface area contributed by atoms with Crippen LogP contribution in [0.5, 0.6) is 0 Å². The van der Waals surface area contributed by atoms with Gasteiger partial charge in [0, 0.05) is 22.6 Å². The third-order valence-corrected chi connectivity index (χ3v) is 4.41. The lowest BCUT2D eigenvalue weighted by Gasteiger charge is -2.24. The number of hydrogen-bond donors (Lipinski definition) is 0. The normalized spacial score (nSPS) is 16.3. The second kappa shape index (κ2) is 4.93. The second-order valence-corrected chi connectivity index (χ2v) is 5.69. The molecule has 1 aliphatic rings. The van der Waals surface area contributed by atoms with Crippen molar-refractivity contribution in [3.63, 3.8) is 0 Å². The van der Waals surface area contributed by atoms with E-state index < -0.39 is 0 Å². The van der Waals surface area contributed by atoms with Crippen LogP contribution in [0.25, 0.3) is 0 Å². The number of carbonyl (C=O) groups excluding carboxylic acids is 1. The van der Waals surface area contributed by atoms with Gasteiger partial charge in [0.15, 0.2) is 0 Å². The number of hydrogen-bond acceptors (Lipinski definition) is 2. The minimum absolute atomic E-state index is 0.434. The van der Waals surface area contributed by atoms with Gasteiger partial charge >= 0.3 is 0 Å². The largest absolute Gasteiger partial charge is 0.299 e. The fourth-order valence-electron chi connectivity index (χ4n) is 1.99. The van der Waals surface area contributed by atoms with E-state index in [1.165, 1.54) is 29.0 Å². The first kappa shape index (κ1) is 10.9. The molecule has 0 bridgehead atoms. The predicted molar refractivity (Wildman–Crippen MR) is 64.4 cm³/mol. The van der Waals surface area contributed by atoms with Gasteiger partial charge in [0.2, 0.25) is 0 Å². The Hall–Kier alpha value is -0.630. The standard InChI is InChI=1S/C13H18OS/c1-2-12-6-7-13(15-12)9-11(14)8-10-4-3-5-10/h6-7,10H,2-5,8-9H2,1H3. The highest BCUT2D eigenvalue weighted by atomic mass is 32.1. The van der Waals surface area contributed by atoms with Gasteiger partial charge in [0.25, 0.3) is 0 Å². The van der Waals surface area contributed by atoms with E-state index in [-0.39, 0.29) is 0 Å². The van der Waals surface area contributed by atoms with Crippen LogP contribution in [0.2, 0.25) is 0 Å². The molecule has 1 fully saturated rings. The Morgan fingerprint density at radius 2 is 2.13 bits per heavy atom. The van der Waals surface area contributed by atoms with E-state index in [4.69, 9.17) is 0 Å². The minimum Gasteiger partial charge on any atom is -0.299 e. The van der Waals surface area contributed by atoms with Gasteiger partial charge < -0.3 is 0 Å². The van der Waals surface area contributed by atoms with Gasteiger partial charge in [-0.1, -0.05) is 26.2 Å². The monoisotopic (exact) mass is 222 g/mol. The van der Waals surface area contributed by atoms with Crippen molar-refractivity contribution in [2.45, 2.75) is 45.4 Å². The van der Waals surface area contributed by atoms with E-state index >= 15 is 0 Å². The Balaban J connectivity index is 1.82. The first-order chi connectivity index (χ1) is 7.28. The van der Waals surface area contributed by atoms with Crippen LogP contribution < -0.4 is 0 Å². The Morgan fingerprint density at radius 3 is 2.67 bits per heavy atom. The molecule has 0 amide bonds. The molecule has 1 heterocycles. The number of thiophene rings is 1. The molecule has 0 saturated heterocycles. The molecule has 0 aromatic carbocycles. The maximum Gasteiger partial charge on any atom is 0.138 e. The van der Waals surface area contributed by atoms with Crippen LogP contribution >= 0.6 is 11.3 Å². The van der Waals surface area contributed by atoms with E-state index in [9.17, 15) is 4.79 Å². The Kier molecular flexibility index (Phi) is 3.57. The summed E-state index contributed by atoms with van der Waals surface area (Å²) in [6.45, 7) is 2.16. The molecule has 15 heavy (non-hydrogen) atoms. The fraction of sp³-hybridized carbons (Fsp3) is 0.615. The molecule has 0 aliphatic heterocycles. The van der Waals surface area contributed by atoms with E-state index in [2.05, 4.69) is 19.1 Å². The van der Waals surface area contributed by atoms with Crippen LogP contribution in [-0.4, -0.2) is 5.78 Å². The summed E-state index contributed by atoms with van der Waals surface area (Å²) >= 11 is 1.79. The molecule has 2 rings (SSSR count). The van der Waals surface area contributed by atoms with Crippen LogP contribution in [0.1, 0.15) is 42.4 Å². The van der Waals surface area contributed by atoms with E-state index in [1.54, 1.807) is 11.3 Å². The van der Waals surface area contributed by atoms with Gasteiger partial charge in [-0.05, 0) is 24.5 Å². The Labute approximate surface area is 95.5 Å². The number of Topliss-reactive ketones (excluding diaryl/α,β-unsaturated/α-hetero) is 1. The maximum absolute atomic E-state index is 11.7. The van der Waals surface area contributed by atoms with Gasteiger partial charge in [-0.3, -0.25) is 4.79 Å². The summed E-state index contributed by atoms with van der Waals surface area (Å²) in [5.74, 6) is 1.15. The molecule has 1 aromatic rings. The molecular formula is C13H18OS. The van der Waals surface area contributed by atoms with Gasteiger partial charge in [-0.15, -0.1) is 11.3 Å². The molecule has 0 spiro atoms. The van der Waals surface area contributed by atoms with Crippen LogP contribution in [0.3, 0.4) is 0 Å². The molecule has 82 valence electrons. The topological polar surface area (TPSA) is 17.1 Å². The summed E-state index contributed by atoms with van der Waals surface area (Å²) in [5, 5.41) is 0. The average Bonchev–Trinajstić information content (AvgIpc) is 2.59. The average molecular weight is 222 g/mol. The molecular weight excluding hydrogens is 204 g/mol. The zero-order valence-corrected chi connectivity index (χ0v) is 10.1. The molecule has 1 aromatic heterocycles. The number of aryl methyl sites for hydroxylation is 1. The molecule has 0 atom stereocenters. The third-order valence-electron chi connectivity index (χ3n) is 3.18. The molecule has 0 radical (unpaired) electrons. The zero-order chi connectivity index (χ0) is 10.7. The van der Waals surface area contributed by atoms with Gasteiger partial charge in [0.1, 0.15) is 5.78 Å². The van der Waals surface area contributed by atoms with Crippen molar-refractivity contribution in [1.82, 2.24) is 0 Å². The van der Waals surface area contributed by atoms with Crippen molar-refractivity contribution in [2.75, 3.05) is 0 Å². The molecule has 1 saturated carbocycles. The number of carbonyl (C=O) groups is 1. The summed E-state index contributed by atoms with van der Waals surface area (Å²) in [7, 11) is 0. The number of ketones is 1. The van der Waals surface area contributed by atoms with E-state index in [0.717, 1.165) is 12.8 Å². The van der Waals surface area contributed by atoms with Gasteiger partial charge in [-0.25, -0.2) is 0 Å². The van der Waals surface area contributed by atoms with Crippen molar-refractivity contribution in [1.29, 1.82) is 0 Å². The predicted octanol–water partition coefficient (Wildman–Crippen LogP) is 3.61. The fourth-order valence-corrected chi connectivity index (χ4v) is 2.98. The Bertz CT molecular complexity index is 336. The van der Waals surface area contributed by atoms with Crippen molar-refractivity contribution >= 4 is 17.1 Å². The lowest BCUT2D eigenvalue weighted by molar-refractivity contribution is -0.119. The second-order valence-electron chi connectivity index (χ2n) is 4.44. The minimum atomic E-state index is 0.434. The van der Waals surface area contributed by atoms with Crippen molar-refractivity contribution in [3.8, 4) is 0 Å². The highest BCUT2D eigenvalue weighted by molar-refractivity contribution is 7.12. The molecule has 0 unspecified atom stereocenters. The maximum atomic E-state index is 11.7. The summed E-state index contributed by atoms with van der Waals surface area (Å²) < 4.78 is 0. The molecule has 2 heteroatoms. The molecule has 1 nitrogen and oxygen atoms in total. The summed E-state index contributed by atoms with van der Waals surface area (Å²) in [5.41, 5.74) is 0. The first-order valence-electron chi connectivity index (χ1n) is 5.87. The van der Waals surface area contributed by atoms with Gasteiger partial charge in [-0.2, -0.15) is 0 Å². The quantitative estimate of drug-likeness (QED) is 0.743. The SMILES string of the molecule is CCc1ccc(CC(=O)CC2CCC2)s1. The van der Waals surface area contributed by atoms with Crippen LogP contribution in [0, 0.1) is 5.92 Å². The summed E-state index contributed by atoms with van der Waals surface area (Å²) in [6.07, 6.45) is 6.45. The van der Waals surface area contributed by atoms with Crippen LogP contribution in [-0.2, 0) is 17.6 Å². The smallest absolute Gasteiger partial charge is 0.138 e. The highest BCUT2D eigenvalue weighted by Gasteiger charge is 2.20. The van der Waals surface area contributed by atoms with E-state index in [0.29, 0.717) is 18.1 Å². The lowest BCUT2D eigenvalue weighted by Crippen LogP contribution is -2.16. The van der Waals surface area contributed by atoms with Crippen molar-refractivity contribution in [2.24, 2.45) is 5.92 Å². The first-order valence-corrected chi connectivity index (χ1v) is 6.69. The van der Waals surface area contributed by atoms with Gasteiger partial charge in [0.05, 0.1) is 0 Å². The Morgan fingerprint density at radius 1 is 1.40 bits per heavy atom. The summed E-state index contributed by atoms with van der Waals surface area (Å²) in [4.78, 5) is 14.4. The van der Waals surface area contributed by atoms with Crippen molar-refractivity contribution in [3.05, 3.63) is 21.9 Å². The third kappa shape index (κ3) is 2.91. The highest BCUT2D eigenvalue weighted by Crippen LogP contribution is 2.30. The van der Waals surface area contributed by atoms with E-state index in [1.807, 2.05) is 0 Å². The zero-order valence-electron chi connectivity index (χ0n) is 9.29. The molecule has 0 N–H and O–H groups in total. The number of rotatable bonds is 5. The van der Waals surface area contributed by atoms with Crippen LogP contribution in [0.15, 0.2) is 12.1 Å². The lowest BCUT2D eigenvalue weighted by atomic mass is 9.81. The van der Waals surface area contributed by atoms with Crippen molar-refractivity contribution < 1.29 is 4.79 Å².